The van der Waals surface area contributed by atoms with Gasteiger partial charge in [-0.15, -0.1) is 24.8 Å². The number of piperidine rings is 1. The smallest absolute Gasteiger partial charge is 0.240 e. The number of carbonyl (C=O) groups is 1. The van der Waals surface area contributed by atoms with E-state index in [1.54, 1.807) is 0 Å². The predicted molar refractivity (Wildman–Crippen MR) is 109 cm³/mol. The molecule has 1 aromatic heterocycles. The second kappa shape index (κ2) is 10.6. The molecule has 9 heteroatoms. The number of halogens is 2. The summed E-state index contributed by atoms with van der Waals surface area (Å²) >= 11 is 0. The lowest BCUT2D eigenvalue weighted by atomic mass is 9.77. The molecule has 0 saturated carbocycles. The summed E-state index contributed by atoms with van der Waals surface area (Å²) in [5.74, 6) is 1.88. The maximum Gasteiger partial charge on any atom is 0.240 e. The van der Waals surface area contributed by atoms with E-state index in [-0.39, 0.29) is 36.8 Å². The molecular formula is C18H33Cl2N5O2. The van der Waals surface area contributed by atoms with E-state index < -0.39 is 0 Å². The topological polar surface area (TPSA) is 83.3 Å². The molecule has 0 radical (unpaired) electrons. The zero-order valence-electron chi connectivity index (χ0n) is 16.5. The first-order valence-corrected chi connectivity index (χ1v) is 9.56. The molecule has 3 rings (SSSR count). The van der Waals surface area contributed by atoms with Crippen molar-refractivity contribution in [1.29, 1.82) is 0 Å². The van der Waals surface area contributed by atoms with Gasteiger partial charge in [-0.3, -0.25) is 4.79 Å². The Labute approximate surface area is 174 Å². The number of rotatable bonds is 6. The van der Waals surface area contributed by atoms with Crippen LogP contribution >= 0.6 is 24.8 Å². The van der Waals surface area contributed by atoms with Crippen molar-refractivity contribution in [2.75, 3.05) is 26.2 Å². The number of hydrogen-bond acceptors (Lipinski definition) is 6. The highest BCUT2D eigenvalue weighted by molar-refractivity contribution is 5.85. The molecule has 7 nitrogen and oxygen atoms in total. The van der Waals surface area contributed by atoms with E-state index in [2.05, 4.69) is 34.6 Å². The number of nitrogens with zero attached hydrogens (tertiary/aromatic N) is 3. The van der Waals surface area contributed by atoms with E-state index in [0.717, 1.165) is 45.3 Å². The van der Waals surface area contributed by atoms with Gasteiger partial charge in [-0.05, 0) is 50.6 Å². The van der Waals surface area contributed by atoms with Crippen LogP contribution in [0.5, 0.6) is 0 Å². The maximum atomic E-state index is 13.0. The first-order chi connectivity index (χ1) is 12.0. The van der Waals surface area contributed by atoms with Crippen molar-refractivity contribution in [3.8, 4) is 0 Å². The van der Waals surface area contributed by atoms with Gasteiger partial charge in [0.05, 0.1) is 12.6 Å². The second-order valence-electron chi connectivity index (χ2n) is 7.94. The van der Waals surface area contributed by atoms with Gasteiger partial charge in [0.1, 0.15) is 0 Å². The molecule has 1 spiro atoms. The fraction of sp³-hybridized carbons (Fsp3) is 0.833. The Morgan fingerprint density at radius 3 is 2.67 bits per heavy atom. The van der Waals surface area contributed by atoms with E-state index in [4.69, 9.17) is 4.52 Å². The normalized spacial score (nSPS) is 21.0. The summed E-state index contributed by atoms with van der Waals surface area (Å²) in [6.07, 6.45) is 4.02. The van der Waals surface area contributed by atoms with Crippen LogP contribution in [0.2, 0.25) is 0 Å². The number of nitrogens with one attached hydrogen (secondary N) is 2. The van der Waals surface area contributed by atoms with Gasteiger partial charge in [0, 0.05) is 19.5 Å². The molecule has 2 N–H and O–H groups in total. The fourth-order valence-electron chi connectivity index (χ4n) is 3.95. The van der Waals surface area contributed by atoms with Gasteiger partial charge in [0.15, 0.2) is 5.82 Å². The first-order valence-electron chi connectivity index (χ1n) is 9.56. The summed E-state index contributed by atoms with van der Waals surface area (Å²) in [5.41, 5.74) is 0.293. The van der Waals surface area contributed by atoms with Crippen LogP contribution in [0.3, 0.4) is 0 Å². The van der Waals surface area contributed by atoms with Crippen LogP contribution in [0.1, 0.15) is 51.7 Å². The standard InChI is InChI=1S/C18H31N5O2.2ClH/c1-4-23(11-15-21-16(25-22-15)9-13(2)3)17(24)14-10-18(12-20-14)5-7-19-8-6-18;;/h13-14,19-20H,4-12H2,1-3H3;2*1H. The third kappa shape index (κ3) is 6.04. The molecule has 2 saturated heterocycles. The monoisotopic (exact) mass is 421 g/mol. The molecule has 1 atom stereocenters. The van der Waals surface area contributed by atoms with Crippen molar-refractivity contribution in [1.82, 2.24) is 25.7 Å². The molecule has 156 valence electrons. The van der Waals surface area contributed by atoms with E-state index in [1.807, 2.05) is 11.8 Å². The zero-order chi connectivity index (χ0) is 17.9. The van der Waals surface area contributed by atoms with Crippen LogP contribution < -0.4 is 10.6 Å². The van der Waals surface area contributed by atoms with Gasteiger partial charge in [-0.2, -0.15) is 4.98 Å². The van der Waals surface area contributed by atoms with Crippen molar-refractivity contribution in [2.24, 2.45) is 11.3 Å². The van der Waals surface area contributed by atoms with Crippen LogP contribution in [0.4, 0.5) is 0 Å². The van der Waals surface area contributed by atoms with Gasteiger partial charge in [-0.25, -0.2) is 0 Å². The van der Waals surface area contributed by atoms with E-state index in [1.165, 1.54) is 0 Å². The second-order valence-corrected chi connectivity index (χ2v) is 7.94. The summed E-state index contributed by atoms with van der Waals surface area (Å²) in [4.78, 5) is 19.2. The van der Waals surface area contributed by atoms with E-state index in [9.17, 15) is 4.79 Å². The van der Waals surface area contributed by atoms with Crippen LogP contribution in [0, 0.1) is 11.3 Å². The highest BCUT2D eigenvalue weighted by atomic mass is 35.5. The SMILES string of the molecule is CCN(Cc1noc(CC(C)C)n1)C(=O)C1CC2(CCNCC2)CN1.Cl.Cl. The van der Waals surface area contributed by atoms with Gasteiger partial charge in [-0.1, -0.05) is 19.0 Å². The number of amides is 1. The van der Waals surface area contributed by atoms with Crippen molar-refractivity contribution < 1.29 is 9.32 Å². The number of aromatic nitrogens is 2. The molecule has 0 aromatic carbocycles. The van der Waals surface area contributed by atoms with Crippen molar-refractivity contribution in [3.05, 3.63) is 11.7 Å². The van der Waals surface area contributed by atoms with Crippen LogP contribution in [-0.2, 0) is 17.8 Å². The Kier molecular flexibility index (Phi) is 9.48. The lowest BCUT2D eigenvalue weighted by Crippen LogP contribution is -2.43. The summed E-state index contributed by atoms with van der Waals surface area (Å²) in [6.45, 7) is 10.4. The van der Waals surface area contributed by atoms with Gasteiger partial charge >= 0.3 is 0 Å². The quantitative estimate of drug-likeness (QED) is 0.732. The lowest BCUT2D eigenvalue weighted by Gasteiger charge is -2.33. The molecule has 0 aliphatic carbocycles. The Bertz CT molecular complexity index is 590. The molecule has 2 aliphatic rings. The molecule has 1 amide bonds. The molecular weight excluding hydrogens is 389 g/mol. The van der Waals surface area contributed by atoms with E-state index in [0.29, 0.717) is 36.1 Å². The van der Waals surface area contributed by atoms with Crippen LogP contribution in [0.25, 0.3) is 0 Å². The Morgan fingerprint density at radius 2 is 2.04 bits per heavy atom. The maximum absolute atomic E-state index is 13.0. The third-order valence-corrected chi connectivity index (χ3v) is 5.44. The predicted octanol–water partition coefficient (Wildman–Crippen LogP) is 2.19. The number of likely N-dealkylation sites (N-methyl/N-ethyl adjacent to an activating group) is 1. The summed E-state index contributed by atoms with van der Waals surface area (Å²) < 4.78 is 5.29. The average Bonchev–Trinajstić information content (AvgIpc) is 3.20. The largest absolute Gasteiger partial charge is 0.339 e. The first kappa shape index (κ1) is 24.1. The molecule has 27 heavy (non-hydrogen) atoms. The Balaban J connectivity index is 0.00000182. The number of hydrogen-bond donors (Lipinski definition) is 2. The van der Waals surface area contributed by atoms with Crippen molar-refractivity contribution in [3.63, 3.8) is 0 Å². The number of carbonyl (C=O) groups excluding carboxylic acids is 1. The minimum Gasteiger partial charge on any atom is -0.339 e. The van der Waals surface area contributed by atoms with Gasteiger partial charge in [0.25, 0.3) is 0 Å². The summed E-state index contributed by atoms with van der Waals surface area (Å²) in [5, 5.41) is 10.9. The average molecular weight is 422 g/mol. The Hall–Kier alpha value is -0.890. The van der Waals surface area contributed by atoms with E-state index >= 15 is 0 Å². The third-order valence-electron chi connectivity index (χ3n) is 5.44. The van der Waals surface area contributed by atoms with Gasteiger partial charge < -0.3 is 20.1 Å². The van der Waals surface area contributed by atoms with Crippen LogP contribution in [-0.4, -0.2) is 53.2 Å². The molecule has 1 unspecified atom stereocenters. The highest BCUT2D eigenvalue weighted by Crippen LogP contribution is 2.37. The molecule has 3 heterocycles. The van der Waals surface area contributed by atoms with Gasteiger partial charge in [0.2, 0.25) is 11.8 Å². The Morgan fingerprint density at radius 1 is 1.33 bits per heavy atom. The van der Waals surface area contributed by atoms with Crippen molar-refractivity contribution in [2.45, 2.75) is 59.0 Å². The van der Waals surface area contributed by atoms with Crippen LogP contribution in [0.15, 0.2) is 4.52 Å². The molecule has 0 bridgehead atoms. The summed E-state index contributed by atoms with van der Waals surface area (Å²) in [7, 11) is 0. The zero-order valence-corrected chi connectivity index (χ0v) is 18.1. The summed E-state index contributed by atoms with van der Waals surface area (Å²) in [6, 6.07) is -0.0833. The van der Waals surface area contributed by atoms with Crippen molar-refractivity contribution >= 4 is 30.7 Å². The fourth-order valence-corrected chi connectivity index (χ4v) is 3.95. The minimum absolute atomic E-state index is 0. The molecule has 2 fully saturated rings. The highest BCUT2D eigenvalue weighted by Gasteiger charge is 2.43. The molecule has 1 aromatic rings. The lowest BCUT2D eigenvalue weighted by molar-refractivity contribution is -0.133. The molecule has 2 aliphatic heterocycles. The minimum atomic E-state index is -0.0833.